The molecule has 1 aromatic rings. The molecule has 0 bridgehead atoms. The molecule has 1 rings (SSSR count). The number of rotatable bonds is 5. The summed E-state index contributed by atoms with van der Waals surface area (Å²) in [5, 5.41) is 2.17. The van der Waals surface area contributed by atoms with E-state index in [9.17, 15) is 17.6 Å². The maximum Gasteiger partial charge on any atom is 0.401 e. The Kier molecular flexibility index (Phi) is 4.54. The van der Waals surface area contributed by atoms with Crippen molar-refractivity contribution in [2.75, 3.05) is 19.7 Å². The molecule has 0 saturated carbocycles. The van der Waals surface area contributed by atoms with Crippen LogP contribution in [0.15, 0.2) is 24.3 Å². The standard InChI is InChI=1S/C10H11F4NO/c11-8-2-1-3-9(6-8)16-5-4-15-7-10(12,13)14/h1-3,6,15H,4-5,7H2. The Bertz CT molecular complexity index is 327. The highest BCUT2D eigenvalue weighted by molar-refractivity contribution is 5.22. The normalized spacial score (nSPS) is 11.5. The number of ether oxygens (including phenoxy) is 1. The first-order valence-electron chi connectivity index (χ1n) is 4.63. The van der Waals surface area contributed by atoms with Crippen LogP contribution < -0.4 is 10.1 Å². The van der Waals surface area contributed by atoms with Crippen LogP contribution in [0.3, 0.4) is 0 Å². The minimum absolute atomic E-state index is 0.0516. The van der Waals surface area contributed by atoms with Crippen molar-refractivity contribution < 1.29 is 22.3 Å². The van der Waals surface area contributed by atoms with Gasteiger partial charge in [0.15, 0.2) is 0 Å². The first kappa shape index (κ1) is 12.8. The molecule has 90 valence electrons. The van der Waals surface area contributed by atoms with E-state index in [0.29, 0.717) is 5.75 Å². The zero-order valence-corrected chi connectivity index (χ0v) is 8.35. The average molecular weight is 237 g/mol. The van der Waals surface area contributed by atoms with Gasteiger partial charge in [0.05, 0.1) is 6.54 Å². The second-order valence-corrected chi connectivity index (χ2v) is 3.10. The molecule has 1 N–H and O–H groups in total. The van der Waals surface area contributed by atoms with Crippen molar-refractivity contribution in [2.24, 2.45) is 0 Å². The Morgan fingerprint density at radius 2 is 2.00 bits per heavy atom. The van der Waals surface area contributed by atoms with Gasteiger partial charge in [0.1, 0.15) is 18.2 Å². The van der Waals surface area contributed by atoms with Crippen LogP contribution >= 0.6 is 0 Å². The zero-order valence-electron chi connectivity index (χ0n) is 8.35. The van der Waals surface area contributed by atoms with E-state index in [2.05, 4.69) is 5.32 Å². The van der Waals surface area contributed by atoms with Crippen LogP contribution in [0, 0.1) is 5.82 Å². The topological polar surface area (TPSA) is 21.3 Å². The number of alkyl halides is 3. The van der Waals surface area contributed by atoms with Crippen molar-refractivity contribution in [1.29, 1.82) is 0 Å². The van der Waals surface area contributed by atoms with Crippen molar-refractivity contribution in [2.45, 2.75) is 6.18 Å². The quantitative estimate of drug-likeness (QED) is 0.627. The van der Waals surface area contributed by atoms with Gasteiger partial charge in [-0.25, -0.2) is 4.39 Å². The Morgan fingerprint density at radius 1 is 1.25 bits per heavy atom. The molecule has 0 spiro atoms. The Hall–Kier alpha value is -1.30. The molecule has 0 heterocycles. The van der Waals surface area contributed by atoms with Crippen LogP contribution in [-0.4, -0.2) is 25.9 Å². The molecule has 0 radical (unpaired) electrons. The third kappa shape index (κ3) is 5.55. The van der Waals surface area contributed by atoms with Crippen molar-refractivity contribution in [3.63, 3.8) is 0 Å². The summed E-state index contributed by atoms with van der Waals surface area (Å²) < 4.78 is 52.8. The molecule has 0 aromatic heterocycles. The first-order valence-corrected chi connectivity index (χ1v) is 4.63. The lowest BCUT2D eigenvalue weighted by atomic mass is 10.3. The highest BCUT2D eigenvalue weighted by atomic mass is 19.4. The number of hydrogen-bond acceptors (Lipinski definition) is 2. The van der Waals surface area contributed by atoms with Crippen LogP contribution in [0.5, 0.6) is 5.75 Å². The SMILES string of the molecule is Fc1cccc(OCCNCC(F)(F)F)c1. The largest absolute Gasteiger partial charge is 0.492 e. The van der Waals surface area contributed by atoms with Crippen LogP contribution in [0.25, 0.3) is 0 Å². The van der Waals surface area contributed by atoms with Crippen LogP contribution in [0.2, 0.25) is 0 Å². The highest BCUT2D eigenvalue weighted by Gasteiger charge is 2.25. The summed E-state index contributed by atoms with van der Waals surface area (Å²) in [5.41, 5.74) is 0. The Labute approximate surface area is 90.2 Å². The maximum absolute atomic E-state index is 12.7. The van der Waals surface area contributed by atoms with E-state index in [4.69, 9.17) is 4.74 Å². The summed E-state index contributed by atoms with van der Waals surface area (Å²) in [6, 6.07) is 5.43. The van der Waals surface area contributed by atoms with Crippen molar-refractivity contribution >= 4 is 0 Å². The fourth-order valence-electron chi connectivity index (χ4n) is 1.03. The van der Waals surface area contributed by atoms with Crippen molar-refractivity contribution in [3.05, 3.63) is 30.1 Å². The second-order valence-electron chi connectivity index (χ2n) is 3.10. The molecule has 0 fully saturated rings. The van der Waals surface area contributed by atoms with E-state index in [1.165, 1.54) is 24.3 Å². The van der Waals surface area contributed by atoms with E-state index in [-0.39, 0.29) is 13.2 Å². The molecular formula is C10H11F4NO. The summed E-state index contributed by atoms with van der Waals surface area (Å²) in [5.74, 6) is -0.144. The lowest BCUT2D eigenvalue weighted by Gasteiger charge is -2.09. The smallest absolute Gasteiger partial charge is 0.401 e. The van der Waals surface area contributed by atoms with E-state index in [0.717, 1.165) is 0 Å². The fourth-order valence-corrected chi connectivity index (χ4v) is 1.03. The van der Waals surface area contributed by atoms with E-state index in [1.807, 2.05) is 0 Å². The lowest BCUT2D eigenvalue weighted by Crippen LogP contribution is -2.31. The van der Waals surface area contributed by atoms with E-state index >= 15 is 0 Å². The molecule has 16 heavy (non-hydrogen) atoms. The van der Waals surface area contributed by atoms with Gasteiger partial charge in [0, 0.05) is 12.6 Å². The molecule has 0 aliphatic heterocycles. The predicted molar refractivity (Wildman–Crippen MR) is 50.8 cm³/mol. The molecular weight excluding hydrogens is 226 g/mol. The number of nitrogens with one attached hydrogen (secondary N) is 1. The number of halogens is 4. The number of benzene rings is 1. The summed E-state index contributed by atoms with van der Waals surface area (Å²) in [4.78, 5) is 0. The van der Waals surface area contributed by atoms with Gasteiger partial charge in [-0.05, 0) is 12.1 Å². The summed E-state index contributed by atoms with van der Waals surface area (Å²) >= 11 is 0. The van der Waals surface area contributed by atoms with Gasteiger partial charge >= 0.3 is 6.18 Å². The van der Waals surface area contributed by atoms with Gasteiger partial charge < -0.3 is 10.1 Å². The molecule has 0 unspecified atom stereocenters. The number of hydrogen-bond donors (Lipinski definition) is 1. The molecule has 0 atom stereocenters. The van der Waals surface area contributed by atoms with Crippen molar-refractivity contribution in [1.82, 2.24) is 5.32 Å². The molecule has 1 aromatic carbocycles. The summed E-state index contributed by atoms with van der Waals surface area (Å²) in [6.45, 7) is -0.949. The molecule has 0 aliphatic rings. The minimum atomic E-state index is -4.22. The zero-order chi connectivity index (χ0) is 12.0. The summed E-state index contributed by atoms with van der Waals surface area (Å²) in [7, 11) is 0. The highest BCUT2D eigenvalue weighted by Crippen LogP contribution is 2.12. The molecule has 2 nitrogen and oxygen atoms in total. The average Bonchev–Trinajstić information content (AvgIpc) is 2.15. The van der Waals surface area contributed by atoms with Gasteiger partial charge in [0.25, 0.3) is 0 Å². The van der Waals surface area contributed by atoms with E-state index in [1.54, 1.807) is 0 Å². The molecule has 6 heteroatoms. The monoisotopic (exact) mass is 237 g/mol. The van der Waals surface area contributed by atoms with Gasteiger partial charge in [-0.15, -0.1) is 0 Å². The third-order valence-electron chi connectivity index (χ3n) is 1.67. The maximum atomic E-state index is 12.7. The lowest BCUT2D eigenvalue weighted by molar-refractivity contribution is -0.124. The van der Waals surface area contributed by atoms with Crippen molar-refractivity contribution in [3.8, 4) is 5.75 Å². The Balaban J connectivity index is 2.17. The second kappa shape index (κ2) is 5.69. The van der Waals surface area contributed by atoms with Crippen LogP contribution in [0.1, 0.15) is 0 Å². The third-order valence-corrected chi connectivity index (χ3v) is 1.67. The molecule has 0 saturated heterocycles. The van der Waals surface area contributed by atoms with Crippen LogP contribution in [-0.2, 0) is 0 Å². The van der Waals surface area contributed by atoms with Crippen LogP contribution in [0.4, 0.5) is 17.6 Å². The summed E-state index contributed by atoms with van der Waals surface area (Å²) in [6.07, 6.45) is -4.22. The minimum Gasteiger partial charge on any atom is -0.492 e. The molecule has 0 aliphatic carbocycles. The first-order chi connectivity index (χ1) is 7.47. The predicted octanol–water partition coefficient (Wildman–Crippen LogP) is 2.36. The van der Waals surface area contributed by atoms with Gasteiger partial charge in [-0.2, -0.15) is 13.2 Å². The Morgan fingerprint density at radius 3 is 2.62 bits per heavy atom. The van der Waals surface area contributed by atoms with Gasteiger partial charge in [-0.1, -0.05) is 6.07 Å². The van der Waals surface area contributed by atoms with E-state index < -0.39 is 18.5 Å². The van der Waals surface area contributed by atoms with Gasteiger partial charge in [0.2, 0.25) is 0 Å². The fraction of sp³-hybridized carbons (Fsp3) is 0.400. The van der Waals surface area contributed by atoms with Gasteiger partial charge in [-0.3, -0.25) is 0 Å². The molecule has 0 amide bonds.